The molecular formula is C25H30F5N3O5. The number of aromatic nitrogens is 1. The maximum absolute atomic E-state index is 15.1. The predicted octanol–water partition coefficient (Wildman–Crippen LogP) is 4.44. The molecule has 2 saturated heterocycles. The Hall–Kier alpha value is -2.77. The first-order valence-corrected chi connectivity index (χ1v) is 12.2. The van der Waals surface area contributed by atoms with Gasteiger partial charge in [0.2, 0.25) is 5.82 Å². The van der Waals surface area contributed by atoms with Crippen LogP contribution in [0.2, 0.25) is 0 Å². The summed E-state index contributed by atoms with van der Waals surface area (Å²) in [5.41, 5.74) is -2.41. The number of alkyl halides is 3. The van der Waals surface area contributed by atoms with Gasteiger partial charge in [0.1, 0.15) is 30.4 Å². The number of anilines is 1. The molecule has 0 saturated carbocycles. The lowest BCUT2D eigenvalue weighted by atomic mass is 9.77. The van der Waals surface area contributed by atoms with E-state index in [9.17, 15) is 22.4 Å². The van der Waals surface area contributed by atoms with E-state index in [0.29, 0.717) is 32.0 Å². The summed E-state index contributed by atoms with van der Waals surface area (Å²) in [6.45, 7) is 7.66. The third-order valence-corrected chi connectivity index (χ3v) is 7.51. The standard InChI is InChI=1S/C25H30F5N3O5/c1-13(33-7-9-35-10-8-33)11-36-21-16(5-6-17(26)20(21)27)19-14(2)24(4,25(28,29)30)38-22(19)23(34)31-18-12-37-32-15(18)3/h5-6,12-14,19,22H,7-11H2,1-4H3,(H,31,34)/t13-,14-,19-,22+,24+/m0/s1. The smallest absolute Gasteiger partial charge is 0.417 e. The maximum Gasteiger partial charge on any atom is 0.417 e. The first-order chi connectivity index (χ1) is 17.8. The normalized spacial score (nSPS) is 27.3. The monoisotopic (exact) mass is 547 g/mol. The van der Waals surface area contributed by atoms with Crippen LogP contribution < -0.4 is 10.1 Å². The highest BCUT2D eigenvalue weighted by molar-refractivity contribution is 5.95. The van der Waals surface area contributed by atoms with Gasteiger partial charge in [-0.25, -0.2) is 4.39 Å². The van der Waals surface area contributed by atoms with E-state index in [4.69, 9.17) is 18.7 Å². The van der Waals surface area contributed by atoms with E-state index in [1.807, 2.05) is 11.8 Å². The quantitative estimate of drug-likeness (QED) is 0.513. The van der Waals surface area contributed by atoms with E-state index >= 15 is 4.39 Å². The topological polar surface area (TPSA) is 86.1 Å². The number of benzene rings is 1. The van der Waals surface area contributed by atoms with Crippen LogP contribution in [0.25, 0.3) is 0 Å². The van der Waals surface area contributed by atoms with Gasteiger partial charge in [-0.3, -0.25) is 9.69 Å². The van der Waals surface area contributed by atoms with Gasteiger partial charge in [-0.2, -0.15) is 17.6 Å². The Kier molecular flexibility index (Phi) is 8.01. The van der Waals surface area contributed by atoms with Gasteiger partial charge in [0.05, 0.1) is 13.2 Å². The lowest BCUT2D eigenvalue weighted by Crippen LogP contribution is -2.47. The molecule has 38 heavy (non-hydrogen) atoms. The number of halogens is 5. The van der Waals surface area contributed by atoms with Crippen molar-refractivity contribution in [1.29, 1.82) is 0 Å². The molecule has 0 spiro atoms. The van der Waals surface area contributed by atoms with Crippen molar-refractivity contribution in [3.63, 3.8) is 0 Å². The molecule has 2 aliphatic rings. The van der Waals surface area contributed by atoms with Crippen molar-refractivity contribution < 1.29 is 45.5 Å². The highest BCUT2D eigenvalue weighted by Crippen LogP contribution is 2.55. The summed E-state index contributed by atoms with van der Waals surface area (Å²) in [6.07, 6.45) is -5.45. The number of ether oxygens (including phenoxy) is 3. The molecule has 13 heteroatoms. The first-order valence-electron chi connectivity index (χ1n) is 12.2. The molecule has 2 aliphatic heterocycles. The third kappa shape index (κ3) is 5.23. The van der Waals surface area contributed by atoms with Gasteiger partial charge in [-0.15, -0.1) is 0 Å². The summed E-state index contributed by atoms with van der Waals surface area (Å²) >= 11 is 0. The summed E-state index contributed by atoms with van der Waals surface area (Å²) in [6, 6.07) is 1.73. The van der Waals surface area contributed by atoms with Crippen LogP contribution in [0.5, 0.6) is 5.75 Å². The molecule has 1 aromatic carbocycles. The Balaban J connectivity index is 1.70. The van der Waals surface area contributed by atoms with E-state index in [2.05, 4.69) is 10.5 Å². The van der Waals surface area contributed by atoms with E-state index in [0.717, 1.165) is 25.3 Å². The molecule has 0 unspecified atom stereocenters. The van der Waals surface area contributed by atoms with Gasteiger partial charge in [0.15, 0.2) is 17.2 Å². The summed E-state index contributed by atoms with van der Waals surface area (Å²) in [4.78, 5) is 15.3. The second-order valence-electron chi connectivity index (χ2n) is 9.85. The van der Waals surface area contributed by atoms with Crippen LogP contribution in [0.15, 0.2) is 22.9 Å². The van der Waals surface area contributed by atoms with Gasteiger partial charge < -0.3 is 24.1 Å². The summed E-state index contributed by atoms with van der Waals surface area (Å²) in [5.74, 6) is -6.74. The largest absolute Gasteiger partial charge is 0.488 e. The number of hydrogen-bond donors (Lipinski definition) is 1. The first kappa shape index (κ1) is 28.2. The van der Waals surface area contributed by atoms with Crippen molar-refractivity contribution in [2.24, 2.45) is 5.92 Å². The van der Waals surface area contributed by atoms with Gasteiger partial charge in [0, 0.05) is 36.5 Å². The molecule has 4 rings (SSSR count). The zero-order valence-corrected chi connectivity index (χ0v) is 21.4. The molecule has 2 fully saturated rings. The Morgan fingerprint density at radius 1 is 1.29 bits per heavy atom. The fourth-order valence-corrected chi connectivity index (χ4v) is 4.92. The van der Waals surface area contributed by atoms with E-state index in [1.165, 1.54) is 13.8 Å². The lowest BCUT2D eigenvalue weighted by Gasteiger charge is -2.33. The fraction of sp³-hybridized carbons (Fsp3) is 0.600. The average Bonchev–Trinajstić information content (AvgIpc) is 3.40. The van der Waals surface area contributed by atoms with Gasteiger partial charge in [-0.1, -0.05) is 18.1 Å². The minimum atomic E-state index is -4.86. The van der Waals surface area contributed by atoms with Crippen molar-refractivity contribution in [3.05, 3.63) is 41.3 Å². The zero-order valence-electron chi connectivity index (χ0n) is 21.4. The molecule has 210 valence electrons. The number of aryl methyl sites for hydroxylation is 1. The van der Waals surface area contributed by atoms with Gasteiger partial charge in [0.25, 0.3) is 5.91 Å². The van der Waals surface area contributed by atoms with Crippen molar-refractivity contribution in [1.82, 2.24) is 10.1 Å². The van der Waals surface area contributed by atoms with Gasteiger partial charge >= 0.3 is 6.18 Å². The molecule has 5 atom stereocenters. The highest BCUT2D eigenvalue weighted by atomic mass is 19.4. The molecule has 3 heterocycles. The molecular weight excluding hydrogens is 517 g/mol. The highest BCUT2D eigenvalue weighted by Gasteiger charge is 2.66. The number of rotatable bonds is 7. The van der Waals surface area contributed by atoms with E-state index < -0.39 is 53.0 Å². The summed E-state index contributed by atoms with van der Waals surface area (Å²) in [5, 5.41) is 6.10. The zero-order chi connectivity index (χ0) is 27.8. The van der Waals surface area contributed by atoms with Crippen molar-refractivity contribution in [2.45, 2.75) is 57.5 Å². The minimum Gasteiger partial charge on any atom is -0.488 e. The number of carbonyl (C=O) groups excluding carboxylic acids is 1. The molecule has 1 N–H and O–H groups in total. The molecule has 1 amide bonds. The Bertz CT molecular complexity index is 1150. The second-order valence-corrected chi connectivity index (χ2v) is 9.85. The second kappa shape index (κ2) is 10.8. The predicted molar refractivity (Wildman–Crippen MR) is 125 cm³/mol. The van der Waals surface area contributed by atoms with E-state index in [-0.39, 0.29) is 23.9 Å². The fourth-order valence-electron chi connectivity index (χ4n) is 4.92. The Morgan fingerprint density at radius 3 is 2.58 bits per heavy atom. The van der Waals surface area contributed by atoms with Crippen molar-refractivity contribution in [2.75, 3.05) is 38.2 Å². The number of amides is 1. The van der Waals surface area contributed by atoms with Crippen LogP contribution in [-0.2, 0) is 14.3 Å². The molecule has 8 nitrogen and oxygen atoms in total. The van der Waals surface area contributed by atoms with Crippen LogP contribution in [0.1, 0.15) is 37.9 Å². The average molecular weight is 548 g/mol. The third-order valence-electron chi connectivity index (χ3n) is 7.51. The van der Waals surface area contributed by atoms with Crippen LogP contribution in [-0.4, -0.2) is 72.8 Å². The Labute approximate surface area is 216 Å². The molecule has 2 aromatic rings. The number of nitrogens with one attached hydrogen (secondary N) is 1. The maximum atomic E-state index is 15.1. The number of hydrogen-bond acceptors (Lipinski definition) is 7. The molecule has 0 aliphatic carbocycles. The van der Waals surface area contributed by atoms with Crippen LogP contribution in [0.3, 0.4) is 0 Å². The number of carbonyl (C=O) groups is 1. The lowest BCUT2D eigenvalue weighted by molar-refractivity contribution is -0.272. The number of nitrogens with zero attached hydrogens (tertiary/aromatic N) is 2. The molecule has 1 aromatic heterocycles. The minimum absolute atomic E-state index is 0.0668. The van der Waals surface area contributed by atoms with E-state index in [1.54, 1.807) is 0 Å². The molecule has 0 bridgehead atoms. The van der Waals surface area contributed by atoms with Crippen molar-refractivity contribution in [3.8, 4) is 5.75 Å². The molecule has 0 radical (unpaired) electrons. The van der Waals surface area contributed by atoms with Crippen LogP contribution in [0.4, 0.5) is 27.6 Å². The Morgan fingerprint density at radius 2 is 1.97 bits per heavy atom. The SMILES string of the molecule is Cc1nocc1NC(=O)[C@@H]1O[C@@](C)(C(F)(F)F)[C@@H](C)[C@H]1c1ccc(F)c(F)c1OC[C@H](C)N1CCOCC1. The van der Waals surface area contributed by atoms with Gasteiger partial charge in [-0.05, 0) is 26.8 Å². The number of morpholine rings is 1. The van der Waals surface area contributed by atoms with Crippen molar-refractivity contribution >= 4 is 11.6 Å². The van der Waals surface area contributed by atoms with Crippen LogP contribution >= 0.6 is 0 Å². The summed E-state index contributed by atoms with van der Waals surface area (Å²) in [7, 11) is 0. The van der Waals surface area contributed by atoms with Crippen LogP contribution in [0, 0.1) is 24.5 Å². The summed E-state index contributed by atoms with van der Waals surface area (Å²) < 4.78 is 93.3.